The van der Waals surface area contributed by atoms with Gasteiger partial charge in [0.2, 0.25) is 11.0 Å². The molecule has 3 aromatic carbocycles. The van der Waals surface area contributed by atoms with Gasteiger partial charge in [0.15, 0.2) is 0 Å². The van der Waals surface area contributed by atoms with Gasteiger partial charge in [-0.25, -0.2) is 4.98 Å². The van der Waals surface area contributed by atoms with E-state index < -0.39 is 0 Å². The highest BCUT2D eigenvalue weighted by molar-refractivity contribution is 7.14. The molecule has 0 fully saturated rings. The summed E-state index contributed by atoms with van der Waals surface area (Å²) in [6.45, 7) is 1.47. The number of nitrogens with zero attached hydrogens (tertiary/aromatic N) is 2. The van der Waals surface area contributed by atoms with Gasteiger partial charge >= 0.3 is 0 Å². The first kappa shape index (κ1) is 20.3. The predicted octanol–water partition coefficient (Wildman–Crippen LogP) is 6.01. The molecule has 0 radical (unpaired) electrons. The largest absolute Gasteiger partial charge is 0.457 e. The molecule has 0 atom stereocenters. The zero-order valence-corrected chi connectivity index (χ0v) is 17.6. The smallest absolute Gasteiger partial charge is 0.221 e. The zero-order chi connectivity index (χ0) is 21.5. The third-order valence-corrected chi connectivity index (χ3v) is 5.01. The minimum Gasteiger partial charge on any atom is -0.457 e. The van der Waals surface area contributed by atoms with E-state index >= 15 is 0 Å². The summed E-state index contributed by atoms with van der Waals surface area (Å²) in [6, 6.07) is 24.8. The topological polar surface area (TPSA) is 75.6 Å². The molecule has 0 aliphatic rings. The van der Waals surface area contributed by atoms with E-state index in [1.807, 2.05) is 60.0 Å². The summed E-state index contributed by atoms with van der Waals surface area (Å²) in [5, 5.41) is 9.75. The van der Waals surface area contributed by atoms with Crippen LogP contribution in [-0.4, -0.2) is 17.1 Å². The first-order valence-electron chi connectivity index (χ1n) is 9.62. The maximum Gasteiger partial charge on any atom is 0.221 e. The van der Waals surface area contributed by atoms with Crippen LogP contribution in [0, 0.1) is 0 Å². The van der Waals surface area contributed by atoms with Crippen LogP contribution in [0.2, 0.25) is 0 Å². The fraction of sp³-hybridized carbons (Fsp3) is 0.0417. The van der Waals surface area contributed by atoms with Crippen molar-refractivity contribution >= 4 is 34.3 Å². The first-order chi connectivity index (χ1) is 15.2. The number of amides is 1. The second-order valence-corrected chi connectivity index (χ2v) is 7.48. The first-order valence-corrected chi connectivity index (χ1v) is 10.5. The van der Waals surface area contributed by atoms with Gasteiger partial charge in [0.1, 0.15) is 11.5 Å². The number of hydrogen-bond acceptors (Lipinski definition) is 6. The highest BCUT2D eigenvalue weighted by Gasteiger charge is 2.05. The Bertz CT molecular complexity index is 1190. The summed E-state index contributed by atoms with van der Waals surface area (Å²) in [7, 11) is 0. The fourth-order valence-electron chi connectivity index (χ4n) is 2.84. The maximum absolute atomic E-state index is 11.1. The summed E-state index contributed by atoms with van der Waals surface area (Å²) >= 11 is 1.49. The quantitative estimate of drug-likeness (QED) is 0.279. The van der Waals surface area contributed by atoms with Gasteiger partial charge in [-0.15, -0.1) is 11.3 Å². The molecule has 4 rings (SSSR count). The number of anilines is 2. The van der Waals surface area contributed by atoms with Crippen LogP contribution in [0.3, 0.4) is 0 Å². The van der Waals surface area contributed by atoms with Gasteiger partial charge in [-0.1, -0.05) is 42.5 Å². The number of nitrogens with one attached hydrogen (secondary N) is 2. The predicted molar refractivity (Wildman–Crippen MR) is 126 cm³/mol. The van der Waals surface area contributed by atoms with Gasteiger partial charge in [-0.2, -0.15) is 5.10 Å². The molecule has 0 spiro atoms. The van der Waals surface area contributed by atoms with Crippen molar-refractivity contribution in [3.63, 3.8) is 0 Å². The number of thiazole rings is 1. The van der Waals surface area contributed by atoms with Gasteiger partial charge in [0, 0.05) is 29.1 Å². The van der Waals surface area contributed by atoms with E-state index in [0.717, 1.165) is 22.5 Å². The normalized spacial score (nSPS) is 10.7. The SMILES string of the molecule is CC(=O)Nc1ccc(Oc2ccccc2C=NNc2nc(-c3ccccc3)cs2)cc1. The number of carbonyl (C=O) groups excluding carboxylic acids is 1. The van der Waals surface area contributed by atoms with Crippen molar-refractivity contribution in [3.05, 3.63) is 89.8 Å². The third-order valence-electron chi connectivity index (χ3n) is 4.26. The minimum atomic E-state index is -0.112. The summed E-state index contributed by atoms with van der Waals surface area (Å²) in [6.07, 6.45) is 1.70. The van der Waals surface area contributed by atoms with E-state index in [1.54, 1.807) is 30.5 Å². The van der Waals surface area contributed by atoms with Crippen LogP contribution >= 0.6 is 11.3 Å². The highest BCUT2D eigenvalue weighted by atomic mass is 32.1. The molecule has 0 saturated heterocycles. The number of para-hydroxylation sites is 1. The van der Waals surface area contributed by atoms with Crippen molar-refractivity contribution in [1.29, 1.82) is 0 Å². The third kappa shape index (κ3) is 5.55. The highest BCUT2D eigenvalue weighted by Crippen LogP contribution is 2.26. The Labute approximate surface area is 184 Å². The van der Waals surface area contributed by atoms with Gasteiger partial charge in [-0.05, 0) is 36.4 Å². The molecule has 1 amide bonds. The average molecular weight is 429 g/mol. The Morgan fingerprint density at radius 2 is 1.74 bits per heavy atom. The van der Waals surface area contributed by atoms with Crippen LogP contribution in [0.15, 0.2) is 89.3 Å². The molecule has 6 nitrogen and oxygen atoms in total. The summed E-state index contributed by atoms with van der Waals surface area (Å²) < 4.78 is 5.99. The van der Waals surface area contributed by atoms with Crippen LogP contribution in [0.1, 0.15) is 12.5 Å². The minimum absolute atomic E-state index is 0.112. The number of ether oxygens (including phenoxy) is 1. The summed E-state index contributed by atoms with van der Waals surface area (Å²) in [4.78, 5) is 15.7. The van der Waals surface area contributed by atoms with Gasteiger partial charge in [-0.3, -0.25) is 10.2 Å². The van der Waals surface area contributed by atoms with E-state index in [2.05, 4.69) is 20.8 Å². The average Bonchev–Trinajstić information content (AvgIpc) is 3.26. The lowest BCUT2D eigenvalue weighted by atomic mass is 10.2. The van der Waals surface area contributed by atoms with Gasteiger partial charge < -0.3 is 10.1 Å². The summed E-state index contributed by atoms with van der Waals surface area (Å²) in [5.41, 5.74) is 6.50. The van der Waals surface area contributed by atoms with Crippen LogP contribution < -0.4 is 15.5 Å². The maximum atomic E-state index is 11.1. The lowest BCUT2D eigenvalue weighted by Crippen LogP contribution is -2.05. The lowest BCUT2D eigenvalue weighted by Gasteiger charge is -2.09. The molecule has 1 heterocycles. The molecular formula is C24H20N4O2S. The molecule has 2 N–H and O–H groups in total. The molecule has 7 heteroatoms. The number of aromatic nitrogens is 1. The second-order valence-electron chi connectivity index (χ2n) is 6.62. The van der Waals surface area contributed by atoms with Crippen LogP contribution in [0.4, 0.5) is 10.8 Å². The lowest BCUT2D eigenvalue weighted by molar-refractivity contribution is -0.114. The number of hydrazone groups is 1. The van der Waals surface area contributed by atoms with E-state index in [-0.39, 0.29) is 5.91 Å². The van der Waals surface area contributed by atoms with Crippen LogP contribution in [0.5, 0.6) is 11.5 Å². The van der Waals surface area contributed by atoms with Gasteiger partial charge in [0.25, 0.3) is 0 Å². The van der Waals surface area contributed by atoms with E-state index in [0.29, 0.717) is 16.6 Å². The Balaban J connectivity index is 1.42. The second kappa shape index (κ2) is 9.69. The van der Waals surface area contributed by atoms with Crippen molar-refractivity contribution in [3.8, 4) is 22.8 Å². The van der Waals surface area contributed by atoms with Crippen molar-refractivity contribution in [1.82, 2.24) is 4.98 Å². The monoisotopic (exact) mass is 428 g/mol. The number of hydrogen-bond donors (Lipinski definition) is 2. The van der Waals surface area contributed by atoms with Crippen molar-refractivity contribution in [2.75, 3.05) is 10.7 Å². The molecule has 0 unspecified atom stereocenters. The Morgan fingerprint density at radius 1 is 1.00 bits per heavy atom. The van der Waals surface area contributed by atoms with Crippen molar-refractivity contribution < 1.29 is 9.53 Å². The number of rotatable bonds is 7. The molecule has 0 bridgehead atoms. The van der Waals surface area contributed by atoms with Crippen LogP contribution in [0.25, 0.3) is 11.3 Å². The van der Waals surface area contributed by atoms with Crippen LogP contribution in [-0.2, 0) is 4.79 Å². The fourth-order valence-corrected chi connectivity index (χ4v) is 3.51. The Morgan fingerprint density at radius 3 is 2.52 bits per heavy atom. The standard InChI is InChI=1S/C24H20N4O2S/c1-17(29)26-20-11-13-21(14-12-20)30-23-10-6-5-9-19(23)15-25-28-24-27-22(16-31-24)18-7-3-2-4-8-18/h2-16H,1H3,(H,26,29)(H,27,28). The molecule has 0 aliphatic heterocycles. The van der Waals surface area contributed by atoms with E-state index in [4.69, 9.17) is 4.74 Å². The Hall–Kier alpha value is -3.97. The number of carbonyl (C=O) groups is 1. The molecule has 0 aliphatic carbocycles. The molecule has 4 aromatic rings. The van der Waals surface area contributed by atoms with Crippen molar-refractivity contribution in [2.45, 2.75) is 6.92 Å². The molecule has 154 valence electrons. The summed E-state index contributed by atoms with van der Waals surface area (Å²) in [5.74, 6) is 1.22. The molecule has 31 heavy (non-hydrogen) atoms. The molecule has 0 saturated carbocycles. The number of benzene rings is 3. The van der Waals surface area contributed by atoms with E-state index in [9.17, 15) is 4.79 Å². The van der Waals surface area contributed by atoms with Crippen molar-refractivity contribution in [2.24, 2.45) is 5.10 Å². The van der Waals surface area contributed by atoms with Gasteiger partial charge in [0.05, 0.1) is 11.9 Å². The zero-order valence-electron chi connectivity index (χ0n) is 16.8. The Kier molecular flexibility index (Phi) is 6.35. The van der Waals surface area contributed by atoms with E-state index in [1.165, 1.54) is 18.3 Å². The molecule has 1 aromatic heterocycles. The molecular weight excluding hydrogens is 408 g/mol.